The zero-order valence-electron chi connectivity index (χ0n) is 12.5. The number of rotatable bonds is 7. The maximum absolute atomic E-state index is 9.09. The quantitative estimate of drug-likeness (QED) is 0.762. The van der Waals surface area contributed by atoms with E-state index >= 15 is 0 Å². The van der Waals surface area contributed by atoms with Crippen LogP contribution < -0.4 is 4.74 Å². The highest BCUT2D eigenvalue weighted by atomic mass is 16.5. The number of aliphatic hydroxyl groups excluding tert-OH is 1. The van der Waals surface area contributed by atoms with E-state index in [1.165, 1.54) is 0 Å². The molecule has 2 nitrogen and oxygen atoms in total. The summed E-state index contributed by atoms with van der Waals surface area (Å²) in [7, 11) is 0. The molecular formula is C20H20O2. The van der Waals surface area contributed by atoms with Crippen LogP contribution in [0.5, 0.6) is 5.75 Å². The molecule has 1 N–H and O–H groups in total. The van der Waals surface area contributed by atoms with Crippen molar-refractivity contribution in [2.24, 2.45) is 0 Å². The van der Waals surface area contributed by atoms with E-state index < -0.39 is 0 Å². The van der Waals surface area contributed by atoms with Crippen LogP contribution in [0.15, 0.2) is 79.9 Å². The summed E-state index contributed by atoms with van der Waals surface area (Å²) in [6.07, 6.45) is 5.44. The van der Waals surface area contributed by atoms with Crippen LogP contribution in [0.1, 0.15) is 5.56 Å². The number of hydrogen-bond acceptors (Lipinski definition) is 2. The second-order valence-corrected chi connectivity index (χ2v) is 4.74. The summed E-state index contributed by atoms with van der Waals surface area (Å²) < 4.78 is 5.80. The third-order valence-corrected chi connectivity index (χ3v) is 3.22. The Bertz CT molecular complexity index is 669. The molecule has 0 amide bonds. The topological polar surface area (TPSA) is 29.5 Å². The van der Waals surface area contributed by atoms with Crippen molar-refractivity contribution in [1.29, 1.82) is 0 Å². The number of aliphatic hydroxyl groups is 1. The van der Waals surface area contributed by atoms with Gasteiger partial charge in [0.2, 0.25) is 0 Å². The fourth-order valence-electron chi connectivity index (χ4n) is 2.21. The van der Waals surface area contributed by atoms with Gasteiger partial charge in [-0.05, 0) is 11.1 Å². The first-order chi connectivity index (χ1) is 10.8. The monoisotopic (exact) mass is 292 g/mol. The number of benzene rings is 2. The molecule has 0 radical (unpaired) electrons. The molecule has 0 aliphatic rings. The molecule has 0 aromatic heterocycles. The lowest BCUT2D eigenvalue weighted by Gasteiger charge is -2.16. The maximum atomic E-state index is 9.09. The Morgan fingerprint density at radius 2 is 1.86 bits per heavy atom. The van der Waals surface area contributed by atoms with Gasteiger partial charge in [0.1, 0.15) is 12.4 Å². The molecule has 0 aliphatic carbocycles. The van der Waals surface area contributed by atoms with Crippen LogP contribution >= 0.6 is 0 Å². The molecule has 0 aliphatic heterocycles. The molecule has 0 fully saturated rings. The lowest BCUT2D eigenvalue weighted by molar-refractivity contribution is 0.201. The summed E-state index contributed by atoms with van der Waals surface area (Å²) in [5.74, 6) is 0.737. The van der Waals surface area contributed by atoms with Crippen molar-refractivity contribution in [3.63, 3.8) is 0 Å². The SMILES string of the molecule is C=C/C=C\C(=C)c1cccc(-c2ccccc2)c1OCCO. The fraction of sp³-hybridized carbons (Fsp3) is 0.100. The third kappa shape index (κ3) is 3.74. The molecule has 0 unspecified atom stereocenters. The van der Waals surface area contributed by atoms with Gasteiger partial charge in [-0.3, -0.25) is 0 Å². The van der Waals surface area contributed by atoms with Crippen LogP contribution in [0.3, 0.4) is 0 Å². The van der Waals surface area contributed by atoms with Gasteiger partial charge in [0.05, 0.1) is 6.61 Å². The molecule has 2 rings (SSSR count). The molecule has 22 heavy (non-hydrogen) atoms. The van der Waals surface area contributed by atoms with E-state index in [0.29, 0.717) is 0 Å². The van der Waals surface area contributed by atoms with Gasteiger partial charge < -0.3 is 9.84 Å². The van der Waals surface area contributed by atoms with Gasteiger partial charge >= 0.3 is 0 Å². The van der Waals surface area contributed by atoms with E-state index in [4.69, 9.17) is 9.84 Å². The van der Waals surface area contributed by atoms with Gasteiger partial charge in [-0.1, -0.05) is 79.9 Å². The Morgan fingerprint density at radius 1 is 1.09 bits per heavy atom. The third-order valence-electron chi connectivity index (χ3n) is 3.22. The zero-order chi connectivity index (χ0) is 15.8. The smallest absolute Gasteiger partial charge is 0.135 e. The van der Waals surface area contributed by atoms with E-state index in [0.717, 1.165) is 28.0 Å². The summed E-state index contributed by atoms with van der Waals surface area (Å²) in [4.78, 5) is 0. The van der Waals surface area contributed by atoms with Crippen molar-refractivity contribution in [2.45, 2.75) is 0 Å². The van der Waals surface area contributed by atoms with Crippen LogP contribution in [-0.2, 0) is 0 Å². The molecule has 0 heterocycles. The Balaban J connectivity index is 2.52. The minimum absolute atomic E-state index is 0.0302. The molecule has 2 aromatic carbocycles. The van der Waals surface area contributed by atoms with Crippen molar-refractivity contribution < 1.29 is 9.84 Å². The van der Waals surface area contributed by atoms with E-state index in [2.05, 4.69) is 13.2 Å². The van der Waals surface area contributed by atoms with Crippen LogP contribution in [0.4, 0.5) is 0 Å². The summed E-state index contributed by atoms with van der Waals surface area (Å²) in [5.41, 5.74) is 3.80. The highest BCUT2D eigenvalue weighted by molar-refractivity contribution is 5.83. The fourth-order valence-corrected chi connectivity index (χ4v) is 2.21. The van der Waals surface area contributed by atoms with Gasteiger partial charge in [-0.15, -0.1) is 0 Å². The van der Waals surface area contributed by atoms with Crippen molar-refractivity contribution in [3.05, 3.63) is 85.5 Å². The van der Waals surface area contributed by atoms with E-state index in [-0.39, 0.29) is 13.2 Å². The summed E-state index contributed by atoms with van der Waals surface area (Å²) >= 11 is 0. The Morgan fingerprint density at radius 3 is 2.55 bits per heavy atom. The molecule has 2 heteroatoms. The lowest BCUT2D eigenvalue weighted by Crippen LogP contribution is -2.04. The highest BCUT2D eigenvalue weighted by Crippen LogP contribution is 2.36. The van der Waals surface area contributed by atoms with Crippen molar-refractivity contribution in [3.8, 4) is 16.9 Å². The number of hydrogen-bond donors (Lipinski definition) is 1. The largest absolute Gasteiger partial charge is 0.490 e. The van der Waals surface area contributed by atoms with Crippen molar-refractivity contribution in [2.75, 3.05) is 13.2 Å². The van der Waals surface area contributed by atoms with Gasteiger partial charge in [-0.25, -0.2) is 0 Å². The minimum Gasteiger partial charge on any atom is -0.490 e. The standard InChI is InChI=1S/C20H20O2/c1-3-4-9-16(2)18-12-8-13-19(20(18)22-15-14-21)17-10-6-5-7-11-17/h3-13,21H,1-2,14-15H2/b9-4-. The molecule has 0 spiro atoms. The average molecular weight is 292 g/mol. The Kier molecular flexibility index (Phi) is 5.75. The first-order valence-corrected chi connectivity index (χ1v) is 7.18. The van der Waals surface area contributed by atoms with Gasteiger partial charge in [0.15, 0.2) is 0 Å². The normalized spacial score (nSPS) is 10.6. The summed E-state index contributed by atoms with van der Waals surface area (Å²) in [5, 5.41) is 9.09. The molecule has 2 aromatic rings. The van der Waals surface area contributed by atoms with Gasteiger partial charge in [0.25, 0.3) is 0 Å². The average Bonchev–Trinajstić information content (AvgIpc) is 2.58. The van der Waals surface area contributed by atoms with Gasteiger partial charge in [-0.2, -0.15) is 0 Å². The number of para-hydroxylation sites is 1. The van der Waals surface area contributed by atoms with Crippen LogP contribution in [-0.4, -0.2) is 18.3 Å². The van der Waals surface area contributed by atoms with Crippen LogP contribution in [0.2, 0.25) is 0 Å². The highest BCUT2D eigenvalue weighted by Gasteiger charge is 2.12. The molecule has 0 bridgehead atoms. The van der Waals surface area contributed by atoms with E-state index in [1.54, 1.807) is 6.08 Å². The zero-order valence-corrected chi connectivity index (χ0v) is 12.5. The maximum Gasteiger partial charge on any atom is 0.135 e. The number of allylic oxidation sites excluding steroid dienone is 4. The van der Waals surface area contributed by atoms with E-state index in [1.807, 2.05) is 60.7 Å². The Labute approximate surface area is 131 Å². The molecule has 0 atom stereocenters. The van der Waals surface area contributed by atoms with Crippen LogP contribution in [0.25, 0.3) is 16.7 Å². The molecular weight excluding hydrogens is 272 g/mol. The number of ether oxygens (including phenoxy) is 1. The summed E-state index contributed by atoms with van der Waals surface area (Å²) in [6.45, 7) is 7.98. The minimum atomic E-state index is -0.0302. The van der Waals surface area contributed by atoms with Gasteiger partial charge in [0, 0.05) is 11.1 Å². The predicted octanol–water partition coefficient (Wildman–Crippen LogP) is 4.48. The molecule has 0 saturated heterocycles. The first kappa shape index (κ1) is 15.8. The molecule has 112 valence electrons. The van der Waals surface area contributed by atoms with Crippen molar-refractivity contribution in [1.82, 2.24) is 0 Å². The predicted molar refractivity (Wildman–Crippen MR) is 92.8 cm³/mol. The lowest BCUT2D eigenvalue weighted by atomic mass is 9.97. The second-order valence-electron chi connectivity index (χ2n) is 4.74. The first-order valence-electron chi connectivity index (χ1n) is 7.18. The summed E-state index contributed by atoms with van der Waals surface area (Å²) in [6, 6.07) is 16.0. The van der Waals surface area contributed by atoms with Crippen molar-refractivity contribution >= 4 is 5.57 Å². The second kappa shape index (κ2) is 8.01. The Hall–Kier alpha value is -2.58. The van der Waals surface area contributed by atoms with E-state index in [9.17, 15) is 0 Å². The molecule has 0 saturated carbocycles. The van der Waals surface area contributed by atoms with Crippen LogP contribution in [0, 0.1) is 0 Å².